The van der Waals surface area contributed by atoms with Gasteiger partial charge < -0.3 is 9.15 Å². The molecule has 1 aromatic carbocycles. The van der Waals surface area contributed by atoms with Crippen LogP contribution in [0.25, 0.3) is 10.6 Å². The van der Waals surface area contributed by atoms with E-state index in [9.17, 15) is 13.2 Å². The van der Waals surface area contributed by atoms with E-state index in [0.717, 1.165) is 16.6 Å². The third kappa shape index (κ3) is 3.70. The van der Waals surface area contributed by atoms with Gasteiger partial charge in [0.25, 0.3) is 10.0 Å². The van der Waals surface area contributed by atoms with E-state index in [1.54, 1.807) is 5.38 Å². The van der Waals surface area contributed by atoms with Crippen LogP contribution in [0.5, 0.6) is 0 Å². The average molecular weight is 364 g/mol. The maximum absolute atomic E-state index is 11.9. The molecule has 7 nitrogen and oxygen atoms in total. The Bertz CT molecular complexity index is 961. The first kappa shape index (κ1) is 16.4. The quantitative estimate of drug-likeness (QED) is 0.696. The fraction of sp³-hybridized carbons (Fsp3) is 0.0667. The molecule has 0 radical (unpaired) electrons. The van der Waals surface area contributed by atoms with Gasteiger partial charge in [0, 0.05) is 10.9 Å². The molecule has 0 atom stereocenters. The Morgan fingerprint density at radius 2 is 1.96 bits per heavy atom. The van der Waals surface area contributed by atoms with E-state index >= 15 is 0 Å². The number of ether oxygens (including phenoxy) is 1. The molecule has 0 bridgehead atoms. The lowest BCUT2D eigenvalue weighted by molar-refractivity contribution is 0.0426. The summed E-state index contributed by atoms with van der Waals surface area (Å²) in [6, 6.07) is 11.9. The lowest BCUT2D eigenvalue weighted by atomic mass is 10.2. The number of carbonyl (C=O) groups is 1. The second-order valence-corrected chi connectivity index (χ2v) is 7.10. The highest BCUT2D eigenvalue weighted by Gasteiger charge is 2.19. The lowest BCUT2D eigenvalue weighted by Crippen LogP contribution is -2.11. The number of carbonyl (C=O) groups excluding carboxylic acids is 1. The number of furan rings is 1. The zero-order valence-electron chi connectivity index (χ0n) is 12.2. The highest BCUT2D eigenvalue weighted by Crippen LogP contribution is 2.23. The van der Waals surface area contributed by atoms with E-state index < -0.39 is 21.1 Å². The minimum atomic E-state index is -4.00. The Kier molecular flexibility index (Phi) is 4.47. The van der Waals surface area contributed by atoms with Crippen LogP contribution in [0.2, 0.25) is 0 Å². The van der Waals surface area contributed by atoms with Gasteiger partial charge in [-0.25, -0.2) is 23.3 Å². The molecule has 3 rings (SSSR count). The second kappa shape index (κ2) is 6.56. The predicted octanol–water partition coefficient (Wildman–Crippen LogP) is 2.41. The number of rotatable bonds is 5. The fourth-order valence-electron chi connectivity index (χ4n) is 1.88. The molecule has 0 spiro atoms. The molecule has 124 valence electrons. The second-order valence-electron chi connectivity index (χ2n) is 4.75. The smallest absolute Gasteiger partial charge is 0.374 e. The molecular weight excluding hydrogens is 352 g/mol. The molecular formula is C15H12N2O5S2. The summed E-state index contributed by atoms with van der Waals surface area (Å²) in [6.45, 7) is -0.0480. The number of esters is 1. The Balaban J connectivity index is 1.65. The zero-order chi connectivity index (χ0) is 17.2. The average Bonchev–Trinajstić information content (AvgIpc) is 3.22. The van der Waals surface area contributed by atoms with Gasteiger partial charge in [-0.05, 0) is 12.1 Å². The largest absolute Gasteiger partial charge is 0.453 e. The molecule has 24 heavy (non-hydrogen) atoms. The van der Waals surface area contributed by atoms with Crippen molar-refractivity contribution >= 4 is 27.3 Å². The summed E-state index contributed by atoms with van der Waals surface area (Å²) in [5.74, 6) is -1.03. The molecule has 2 heterocycles. The Morgan fingerprint density at radius 1 is 1.21 bits per heavy atom. The molecule has 0 saturated carbocycles. The van der Waals surface area contributed by atoms with Gasteiger partial charge in [-0.3, -0.25) is 0 Å². The lowest BCUT2D eigenvalue weighted by Gasteiger charge is -2.00. The van der Waals surface area contributed by atoms with Crippen LogP contribution in [0.15, 0.2) is 57.4 Å². The summed E-state index contributed by atoms with van der Waals surface area (Å²) in [6.07, 6.45) is 0. The molecule has 0 aliphatic rings. The van der Waals surface area contributed by atoms with E-state index in [1.165, 1.54) is 17.4 Å². The topological polar surface area (TPSA) is 112 Å². The minimum absolute atomic E-state index is 0.0480. The molecule has 9 heteroatoms. The van der Waals surface area contributed by atoms with Crippen molar-refractivity contribution in [2.24, 2.45) is 5.14 Å². The van der Waals surface area contributed by atoms with Crippen molar-refractivity contribution in [3.8, 4) is 10.6 Å². The van der Waals surface area contributed by atoms with Crippen molar-refractivity contribution in [1.82, 2.24) is 4.98 Å². The van der Waals surface area contributed by atoms with Crippen molar-refractivity contribution in [2.75, 3.05) is 0 Å². The maximum Gasteiger partial charge on any atom is 0.374 e. The Hall–Kier alpha value is -2.49. The van der Waals surface area contributed by atoms with Crippen LogP contribution in [0, 0.1) is 0 Å². The van der Waals surface area contributed by atoms with Gasteiger partial charge in [0.15, 0.2) is 0 Å². The number of thiazole rings is 1. The third-order valence-corrected chi connectivity index (χ3v) is 4.71. The van der Waals surface area contributed by atoms with E-state index in [2.05, 4.69) is 4.98 Å². The summed E-state index contributed by atoms with van der Waals surface area (Å²) in [7, 11) is -4.00. The molecule has 2 N–H and O–H groups in total. The molecule has 0 aliphatic carbocycles. The molecule has 0 fully saturated rings. The number of sulfonamides is 1. The third-order valence-electron chi connectivity index (χ3n) is 2.99. The number of primary sulfonamides is 1. The normalized spacial score (nSPS) is 11.4. The molecule has 3 aromatic rings. The van der Waals surface area contributed by atoms with Gasteiger partial charge in [-0.15, -0.1) is 11.3 Å². The van der Waals surface area contributed by atoms with Gasteiger partial charge in [-0.1, -0.05) is 30.3 Å². The number of benzene rings is 1. The van der Waals surface area contributed by atoms with Crippen LogP contribution in [0.4, 0.5) is 0 Å². The highest BCUT2D eigenvalue weighted by molar-refractivity contribution is 7.89. The van der Waals surface area contributed by atoms with Crippen LogP contribution < -0.4 is 5.14 Å². The minimum Gasteiger partial charge on any atom is -0.453 e. The van der Waals surface area contributed by atoms with Gasteiger partial charge in [0.1, 0.15) is 11.6 Å². The van der Waals surface area contributed by atoms with Crippen LogP contribution in [-0.4, -0.2) is 19.4 Å². The molecule has 0 unspecified atom stereocenters. The van der Waals surface area contributed by atoms with Crippen LogP contribution in [0.3, 0.4) is 0 Å². The van der Waals surface area contributed by atoms with Crippen molar-refractivity contribution in [1.29, 1.82) is 0 Å². The molecule has 2 aromatic heterocycles. The van der Waals surface area contributed by atoms with Gasteiger partial charge in [-0.2, -0.15) is 0 Å². The zero-order valence-corrected chi connectivity index (χ0v) is 13.8. The number of hydrogen-bond acceptors (Lipinski definition) is 7. The van der Waals surface area contributed by atoms with Crippen molar-refractivity contribution in [3.05, 3.63) is 59.3 Å². The Morgan fingerprint density at radius 3 is 2.62 bits per heavy atom. The number of nitrogens with two attached hydrogens (primary N) is 1. The number of nitrogens with zero attached hydrogens (tertiary/aromatic N) is 1. The summed E-state index contributed by atoms with van der Waals surface area (Å²) in [5, 5.41) is 7.02. The predicted molar refractivity (Wildman–Crippen MR) is 86.8 cm³/mol. The van der Waals surface area contributed by atoms with E-state index in [4.69, 9.17) is 14.3 Å². The summed E-state index contributed by atoms with van der Waals surface area (Å²) in [5.41, 5.74) is 1.56. The Labute approximate surface area is 141 Å². The summed E-state index contributed by atoms with van der Waals surface area (Å²) >= 11 is 1.44. The van der Waals surface area contributed by atoms with Gasteiger partial charge in [0.2, 0.25) is 10.9 Å². The molecule has 0 aliphatic heterocycles. The SMILES string of the molecule is NS(=O)(=O)c1ccc(C(=O)OCc2csc(-c3ccccc3)n2)o1. The van der Waals surface area contributed by atoms with Crippen molar-refractivity contribution in [2.45, 2.75) is 11.7 Å². The van der Waals surface area contributed by atoms with Crippen molar-refractivity contribution < 1.29 is 22.4 Å². The molecule has 0 amide bonds. The van der Waals surface area contributed by atoms with Gasteiger partial charge >= 0.3 is 5.97 Å². The van der Waals surface area contributed by atoms with Crippen LogP contribution in [0.1, 0.15) is 16.2 Å². The van der Waals surface area contributed by atoms with Crippen LogP contribution >= 0.6 is 11.3 Å². The highest BCUT2D eigenvalue weighted by atomic mass is 32.2. The monoisotopic (exact) mass is 364 g/mol. The van der Waals surface area contributed by atoms with Gasteiger partial charge in [0.05, 0.1) is 5.69 Å². The first-order chi connectivity index (χ1) is 11.4. The van der Waals surface area contributed by atoms with E-state index in [1.807, 2.05) is 30.3 Å². The van der Waals surface area contributed by atoms with E-state index in [0.29, 0.717) is 5.69 Å². The number of hydrogen-bond donors (Lipinski definition) is 1. The molecule has 0 saturated heterocycles. The summed E-state index contributed by atoms with van der Waals surface area (Å²) in [4.78, 5) is 16.2. The first-order valence-electron chi connectivity index (χ1n) is 6.73. The van der Waals surface area contributed by atoms with Crippen molar-refractivity contribution in [3.63, 3.8) is 0 Å². The maximum atomic E-state index is 11.9. The first-order valence-corrected chi connectivity index (χ1v) is 9.15. The number of aromatic nitrogens is 1. The van der Waals surface area contributed by atoms with Crippen LogP contribution in [-0.2, 0) is 21.4 Å². The fourth-order valence-corrected chi connectivity index (χ4v) is 3.15. The summed E-state index contributed by atoms with van der Waals surface area (Å²) < 4.78 is 32.2. The standard InChI is InChI=1S/C15H12N2O5S2/c16-24(19,20)13-7-6-12(22-13)15(18)21-8-11-9-23-14(17-11)10-4-2-1-3-5-10/h1-7,9H,8H2,(H2,16,19,20). The van der Waals surface area contributed by atoms with E-state index in [-0.39, 0.29) is 12.4 Å².